The number of carboxylic acids is 1. The van der Waals surface area contributed by atoms with E-state index in [1.54, 1.807) is 32.0 Å². The summed E-state index contributed by atoms with van der Waals surface area (Å²) in [6.07, 6.45) is 0.264. The maximum absolute atomic E-state index is 13.5. The molecule has 0 amide bonds. The first kappa shape index (κ1) is 26.7. The maximum Gasteiger partial charge on any atom is 0.338 e. The van der Waals surface area contributed by atoms with E-state index in [-0.39, 0.29) is 30.1 Å². The Labute approximate surface area is 209 Å². The zero-order valence-electron chi connectivity index (χ0n) is 20.2. The van der Waals surface area contributed by atoms with Gasteiger partial charge >= 0.3 is 11.9 Å². The van der Waals surface area contributed by atoms with Gasteiger partial charge in [-0.05, 0) is 66.6 Å². The van der Waals surface area contributed by atoms with Crippen LogP contribution in [0.25, 0.3) is 0 Å². The second-order valence-corrected chi connectivity index (χ2v) is 9.54. The number of esters is 1. The molecule has 0 spiro atoms. The van der Waals surface area contributed by atoms with E-state index in [2.05, 4.69) is 0 Å². The van der Waals surface area contributed by atoms with Crippen LogP contribution in [0.15, 0.2) is 66.7 Å². The third-order valence-corrected chi connectivity index (χ3v) is 6.20. The molecular formula is C28H30FNO6. The fraction of sp³-hybridized carbons (Fsp3) is 0.286. The van der Waals surface area contributed by atoms with Gasteiger partial charge in [0.05, 0.1) is 5.56 Å². The second-order valence-electron chi connectivity index (χ2n) is 9.54. The highest BCUT2D eigenvalue weighted by molar-refractivity contribution is 5.93. The topological polar surface area (TPSA) is 130 Å². The molecule has 8 heteroatoms. The lowest BCUT2D eigenvalue weighted by molar-refractivity contribution is -0.161. The summed E-state index contributed by atoms with van der Waals surface area (Å²) in [5.74, 6) is -2.22. The monoisotopic (exact) mass is 495 g/mol. The van der Waals surface area contributed by atoms with E-state index in [1.807, 2.05) is 30.3 Å². The van der Waals surface area contributed by atoms with Crippen molar-refractivity contribution in [2.75, 3.05) is 5.73 Å². The average molecular weight is 496 g/mol. The molecule has 0 aliphatic carbocycles. The lowest BCUT2D eigenvalue weighted by atomic mass is 9.73. The normalized spacial score (nSPS) is 14.2. The summed E-state index contributed by atoms with van der Waals surface area (Å²) in [4.78, 5) is 22.6. The van der Waals surface area contributed by atoms with E-state index in [9.17, 15) is 29.3 Å². The molecule has 0 saturated carbocycles. The van der Waals surface area contributed by atoms with Crippen LogP contribution in [0.2, 0.25) is 0 Å². The van der Waals surface area contributed by atoms with E-state index >= 15 is 0 Å². The molecular weight excluding hydrogens is 465 g/mol. The predicted octanol–water partition coefficient (Wildman–Crippen LogP) is 4.59. The first-order valence-electron chi connectivity index (χ1n) is 11.5. The summed E-state index contributed by atoms with van der Waals surface area (Å²) < 4.78 is 18.3. The number of cyclic esters (lactones) is 1. The Morgan fingerprint density at radius 3 is 2.44 bits per heavy atom. The lowest BCUT2D eigenvalue weighted by Gasteiger charge is -2.34. The minimum Gasteiger partial charge on any atom is -0.508 e. The van der Waals surface area contributed by atoms with Crippen molar-refractivity contribution in [2.24, 2.45) is 0 Å². The average Bonchev–Trinajstić information content (AvgIpc) is 3.19. The quantitative estimate of drug-likeness (QED) is 0.279. The molecule has 0 radical (unpaired) electrons. The van der Waals surface area contributed by atoms with Gasteiger partial charge in [-0.1, -0.05) is 44.2 Å². The third-order valence-electron chi connectivity index (χ3n) is 6.20. The highest BCUT2D eigenvalue weighted by atomic mass is 19.1. The van der Waals surface area contributed by atoms with E-state index in [4.69, 9.17) is 10.5 Å². The van der Waals surface area contributed by atoms with Crippen LogP contribution in [0.3, 0.4) is 0 Å². The summed E-state index contributed by atoms with van der Waals surface area (Å²) in [5, 5.41) is 30.3. The first-order chi connectivity index (χ1) is 16.9. The minimum absolute atomic E-state index is 0.0197. The number of phenolic OH excluding ortho intramolecular Hbond substituents is 1. The Morgan fingerprint density at radius 2 is 1.78 bits per heavy atom. The zero-order valence-corrected chi connectivity index (χ0v) is 20.2. The van der Waals surface area contributed by atoms with Crippen LogP contribution in [0, 0.1) is 5.82 Å². The summed E-state index contributed by atoms with van der Waals surface area (Å²) in [6.45, 7) is 3.72. The molecule has 0 aromatic heterocycles. The first-order valence-corrected chi connectivity index (χ1v) is 11.5. The molecule has 5 N–H and O–H groups in total. The van der Waals surface area contributed by atoms with E-state index in [0.29, 0.717) is 24.3 Å². The number of nitrogen functional groups attached to an aromatic ring is 1. The standard InChI is InChI=1S/C20H23FO4.C8H7NO2/c1-19(2,16-12-15(21)8-9-17(16)22)13-20(25,18(23)24)11-10-14-6-4-3-5-7-14;9-6-1-2-7-5(3-6)4-11-8(7)10/h3-9,12,22,25H,10-11,13H2,1-2H3,(H,23,24);1-3H,4,9H2. The minimum atomic E-state index is -1.99. The highest BCUT2D eigenvalue weighted by Gasteiger charge is 2.42. The number of nitrogens with two attached hydrogens (primary N) is 1. The van der Waals surface area contributed by atoms with E-state index in [0.717, 1.165) is 17.2 Å². The fourth-order valence-corrected chi connectivity index (χ4v) is 4.30. The number of halogens is 1. The lowest BCUT2D eigenvalue weighted by Crippen LogP contribution is -2.44. The molecule has 3 aromatic rings. The number of fused-ring (bicyclic) bond motifs is 1. The second kappa shape index (κ2) is 10.8. The van der Waals surface area contributed by atoms with Crippen LogP contribution in [0.1, 0.15) is 53.7 Å². The smallest absolute Gasteiger partial charge is 0.338 e. The maximum atomic E-state index is 13.5. The van der Waals surface area contributed by atoms with Crippen molar-refractivity contribution in [3.8, 4) is 5.75 Å². The molecule has 1 aliphatic rings. The number of hydrogen-bond acceptors (Lipinski definition) is 6. The Balaban J connectivity index is 0.000000270. The molecule has 7 nitrogen and oxygen atoms in total. The molecule has 190 valence electrons. The van der Waals surface area contributed by atoms with Gasteiger partial charge in [-0.3, -0.25) is 0 Å². The number of aromatic hydroxyl groups is 1. The number of ether oxygens (including phenoxy) is 1. The Kier molecular flexibility index (Phi) is 8.00. The van der Waals surface area contributed by atoms with Crippen LogP contribution >= 0.6 is 0 Å². The van der Waals surface area contributed by atoms with Crippen molar-refractivity contribution in [1.82, 2.24) is 0 Å². The van der Waals surface area contributed by atoms with Crippen molar-refractivity contribution >= 4 is 17.6 Å². The van der Waals surface area contributed by atoms with Crippen molar-refractivity contribution < 1.29 is 34.0 Å². The van der Waals surface area contributed by atoms with Crippen LogP contribution in [0.4, 0.5) is 10.1 Å². The summed E-state index contributed by atoms with van der Waals surface area (Å²) in [6, 6.07) is 18.0. The number of aryl methyl sites for hydroxylation is 1. The summed E-state index contributed by atoms with van der Waals surface area (Å²) in [7, 11) is 0. The highest BCUT2D eigenvalue weighted by Crippen LogP contribution is 2.39. The molecule has 0 saturated heterocycles. The van der Waals surface area contributed by atoms with Crippen molar-refractivity contribution in [2.45, 2.75) is 50.7 Å². The third kappa shape index (κ3) is 6.40. The fourth-order valence-electron chi connectivity index (χ4n) is 4.30. The molecule has 1 atom stereocenters. The Morgan fingerprint density at radius 1 is 1.08 bits per heavy atom. The largest absolute Gasteiger partial charge is 0.508 e. The number of rotatable bonds is 7. The van der Waals surface area contributed by atoms with Gasteiger partial charge < -0.3 is 25.8 Å². The zero-order chi connectivity index (χ0) is 26.5. The number of hydrogen-bond donors (Lipinski definition) is 4. The molecule has 1 aliphatic heterocycles. The SMILES string of the molecule is CC(C)(CC(O)(CCc1ccccc1)C(=O)O)c1cc(F)ccc1O.Nc1ccc2c(c1)COC2=O. The number of anilines is 1. The summed E-state index contributed by atoms with van der Waals surface area (Å²) >= 11 is 0. The van der Waals surface area contributed by atoms with Crippen LogP contribution in [-0.4, -0.2) is 32.9 Å². The van der Waals surface area contributed by atoms with E-state index < -0.39 is 22.8 Å². The number of carboxylic acid groups (broad SMARTS) is 1. The predicted molar refractivity (Wildman–Crippen MR) is 133 cm³/mol. The van der Waals surface area contributed by atoms with Gasteiger partial charge in [0, 0.05) is 16.8 Å². The van der Waals surface area contributed by atoms with Gasteiger partial charge in [0.25, 0.3) is 0 Å². The molecule has 0 fully saturated rings. The number of carbonyl (C=O) groups excluding carboxylic acids is 1. The molecule has 3 aromatic carbocycles. The molecule has 0 bridgehead atoms. The van der Waals surface area contributed by atoms with Crippen molar-refractivity contribution in [3.63, 3.8) is 0 Å². The van der Waals surface area contributed by atoms with Gasteiger partial charge in [-0.15, -0.1) is 0 Å². The number of phenols is 1. The van der Waals surface area contributed by atoms with Crippen molar-refractivity contribution in [1.29, 1.82) is 0 Å². The van der Waals surface area contributed by atoms with Crippen molar-refractivity contribution in [3.05, 3.63) is 94.8 Å². The van der Waals surface area contributed by atoms with Gasteiger partial charge in [0.2, 0.25) is 0 Å². The van der Waals surface area contributed by atoms with Gasteiger partial charge in [0.15, 0.2) is 5.60 Å². The molecule has 1 unspecified atom stereocenters. The van der Waals surface area contributed by atoms with Crippen LogP contribution in [-0.2, 0) is 28.0 Å². The number of carbonyl (C=O) groups is 2. The van der Waals surface area contributed by atoms with Crippen LogP contribution < -0.4 is 5.73 Å². The van der Waals surface area contributed by atoms with Gasteiger partial charge in [-0.2, -0.15) is 0 Å². The number of aliphatic carboxylic acids is 1. The number of aliphatic hydroxyl groups is 1. The molecule has 36 heavy (non-hydrogen) atoms. The van der Waals surface area contributed by atoms with Gasteiger partial charge in [-0.25, -0.2) is 14.0 Å². The van der Waals surface area contributed by atoms with E-state index in [1.165, 1.54) is 12.1 Å². The Hall–Kier alpha value is -3.91. The number of benzene rings is 3. The molecule has 1 heterocycles. The Bertz CT molecular complexity index is 1240. The van der Waals surface area contributed by atoms with Crippen LogP contribution in [0.5, 0.6) is 5.75 Å². The summed E-state index contributed by atoms with van der Waals surface area (Å²) in [5.41, 5.74) is 5.97. The van der Waals surface area contributed by atoms with Gasteiger partial charge in [0.1, 0.15) is 18.2 Å². The molecule has 4 rings (SSSR count).